The highest BCUT2D eigenvalue weighted by Crippen LogP contribution is 2.12. The van der Waals surface area contributed by atoms with Gasteiger partial charge in [0.1, 0.15) is 0 Å². The van der Waals surface area contributed by atoms with Gasteiger partial charge in [0.05, 0.1) is 12.6 Å². The standard InChI is InChI=1S/C21H25NO/c1-18(2)21(22(23)17-20-14-7-4-8-15-20)16-10-9-13-19-11-5-3-6-12-19/h3-8,11-12,14-15,18,21,23H,9,13,17H2,1-2H3. The largest absolute Gasteiger partial charge is 0.312 e. The van der Waals surface area contributed by atoms with Gasteiger partial charge in [0.2, 0.25) is 0 Å². The van der Waals surface area contributed by atoms with Gasteiger partial charge in [-0.05, 0) is 23.5 Å². The minimum atomic E-state index is -0.147. The van der Waals surface area contributed by atoms with Gasteiger partial charge < -0.3 is 5.21 Å². The molecule has 0 saturated heterocycles. The van der Waals surface area contributed by atoms with Crippen LogP contribution < -0.4 is 0 Å². The van der Waals surface area contributed by atoms with Crippen molar-refractivity contribution in [2.75, 3.05) is 0 Å². The lowest BCUT2D eigenvalue weighted by molar-refractivity contribution is -0.129. The van der Waals surface area contributed by atoms with Crippen molar-refractivity contribution < 1.29 is 5.21 Å². The maximum Gasteiger partial charge on any atom is 0.0982 e. The molecule has 23 heavy (non-hydrogen) atoms. The van der Waals surface area contributed by atoms with Crippen molar-refractivity contribution >= 4 is 0 Å². The second-order valence-corrected chi connectivity index (χ2v) is 6.08. The van der Waals surface area contributed by atoms with Gasteiger partial charge in [-0.3, -0.25) is 0 Å². The predicted octanol–water partition coefficient (Wildman–Crippen LogP) is 4.54. The minimum absolute atomic E-state index is 0.147. The van der Waals surface area contributed by atoms with Crippen molar-refractivity contribution in [1.29, 1.82) is 0 Å². The molecule has 0 aliphatic rings. The van der Waals surface area contributed by atoms with Crippen LogP contribution in [0.25, 0.3) is 0 Å². The van der Waals surface area contributed by atoms with Gasteiger partial charge in [0, 0.05) is 6.42 Å². The van der Waals surface area contributed by atoms with E-state index < -0.39 is 0 Å². The fraction of sp³-hybridized carbons (Fsp3) is 0.333. The average molecular weight is 307 g/mol. The average Bonchev–Trinajstić information content (AvgIpc) is 2.56. The third kappa shape index (κ3) is 5.90. The van der Waals surface area contributed by atoms with Crippen LogP contribution in [0.2, 0.25) is 0 Å². The molecule has 0 spiro atoms. The van der Waals surface area contributed by atoms with Crippen molar-refractivity contribution in [1.82, 2.24) is 5.06 Å². The van der Waals surface area contributed by atoms with E-state index in [-0.39, 0.29) is 12.0 Å². The molecule has 0 aliphatic carbocycles. The molecule has 1 unspecified atom stereocenters. The molecule has 2 aromatic rings. The summed E-state index contributed by atoms with van der Waals surface area (Å²) in [6, 6.07) is 20.2. The summed E-state index contributed by atoms with van der Waals surface area (Å²) in [5, 5.41) is 11.7. The van der Waals surface area contributed by atoms with Gasteiger partial charge in [-0.15, -0.1) is 5.92 Å². The Hall–Kier alpha value is -2.08. The van der Waals surface area contributed by atoms with E-state index in [1.165, 1.54) is 10.6 Å². The van der Waals surface area contributed by atoms with Gasteiger partial charge in [-0.1, -0.05) is 80.4 Å². The third-order valence-corrected chi connectivity index (χ3v) is 3.77. The normalized spacial score (nSPS) is 12.0. The van der Waals surface area contributed by atoms with Gasteiger partial charge in [-0.2, -0.15) is 5.06 Å². The second kappa shape index (κ2) is 9.15. The summed E-state index contributed by atoms with van der Waals surface area (Å²) in [5.41, 5.74) is 2.39. The molecule has 120 valence electrons. The molecule has 2 heteroatoms. The summed E-state index contributed by atoms with van der Waals surface area (Å²) in [6.45, 7) is 4.67. The van der Waals surface area contributed by atoms with Crippen LogP contribution >= 0.6 is 0 Å². The van der Waals surface area contributed by atoms with E-state index in [1.807, 2.05) is 36.4 Å². The Morgan fingerprint density at radius 2 is 1.48 bits per heavy atom. The molecule has 2 aromatic carbocycles. The van der Waals surface area contributed by atoms with Crippen molar-refractivity contribution in [2.24, 2.45) is 5.92 Å². The van der Waals surface area contributed by atoms with Crippen molar-refractivity contribution in [3.05, 3.63) is 71.8 Å². The van der Waals surface area contributed by atoms with E-state index in [4.69, 9.17) is 0 Å². The zero-order valence-corrected chi connectivity index (χ0v) is 13.9. The molecule has 2 rings (SSSR count). The molecule has 0 aromatic heterocycles. The molecule has 0 radical (unpaired) electrons. The molecule has 0 heterocycles. The summed E-state index contributed by atoms with van der Waals surface area (Å²) < 4.78 is 0. The van der Waals surface area contributed by atoms with E-state index in [0.29, 0.717) is 6.54 Å². The highest BCUT2D eigenvalue weighted by atomic mass is 16.5. The van der Waals surface area contributed by atoms with E-state index in [2.05, 4.69) is 50.0 Å². The molecular weight excluding hydrogens is 282 g/mol. The quantitative estimate of drug-likeness (QED) is 0.625. The van der Waals surface area contributed by atoms with Gasteiger partial charge >= 0.3 is 0 Å². The van der Waals surface area contributed by atoms with Crippen LogP contribution in [0.4, 0.5) is 0 Å². The highest BCUT2D eigenvalue weighted by molar-refractivity contribution is 5.18. The number of aryl methyl sites for hydroxylation is 1. The second-order valence-electron chi connectivity index (χ2n) is 6.08. The van der Waals surface area contributed by atoms with E-state index in [1.54, 1.807) is 0 Å². The first-order chi connectivity index (χ1) is 11.2. The Morgan fingerprint density at radius 3 is 2.04 bits per heavy atom. The summed E-state index contributed by atoms with van der Waals surface area (Å²) in [7, 11) is 0. The lowest BCUT2D eigenvalue weighted by Crippen LogP contribution is -2.34. The Balaban J connectivity index is 1.92. The topological polar surface area (TPSA) is 23.5 Å². The Morgan fingerprint density at radius 1 is 0.913 bits per heavy atom. The molecule has 2 nitrogen and oxygen atoms in total. The fourth-order valence-corrected chi connectivity index (χ4v) is 2.48. The molecule has 1 N–H and O–H groups in total. The van der Waals surface area contributed by atoms with E-state index >= 15 is 0 Å². The van der Waals surface area contributed by atoms with Crippen LogP contribution in [0.15, 0.2) is 60.7 Å². The van der Waals surface area contributed by atoms with Crippen LogP contribution in [0.1, 0.15) is 31.4 Å². The summed E-state index contributed by atoms with van der Waals surface area (Å²) in [4.78, 5) is 0. The maximum atomic E-state index is 10.4. The van der Waals surface area contributed by atoms with E-state index in [0.717, 1.165) is 18.4 Å². The first-order valence-electron chi connectivity index (χ1n) is 8.18. The number of hydroxylamine groups is 2. The van der Waals surface area contributed by atoms with Crippen molar-refractivity contribution in [2.45, 2.75) is 39.3 Å². The van der Waals surface area contributed by atoms with Crippen LogP contribution in [-0.2, 0) is 13.0 Å². The zero-order chi connectivity index (χ0) is 16.5. The summed E-state index contributed by atoms with van der Waals surface area (Å²) in [5.74, 6) is 6.74. The molecule has 0 aliphatic heterocycles. The molecule has 0 fully saturated rings. The van der Waals surface area contributed by atoms with Crippen LogP contribution in [0, 0.1) is 17.8 Å². The van der Waals surface area contributed by atoms with Gasteiger partial charge in [0.15, 0.2) is 0 Å². The number of hydrogen-bond donors (Lipinski definition) is 1. The molecule has 0 saturated carbocycles. The number of benzene rings is 2. The molecular formula is C21H25NO. The Kier molecular flexibility index (Phi) is 6.87. The minimum Gasteiger partial charge on any atom is -0.312 e. The molecule has 0 amide bonds. The smallest absolute Gasteiger partial charge is 0.0982 e. The van der Waals surface area contributed by atoms with Gasteiger partial charge in [-0.25, -0.2) is 0 Å². The third-order valence-electron chi connectivity index (χ3n) is 3.77. The number of nitrogens with zero attached hydrogens (tertiary/aromatic N) is 1. The van der Waals surface area contributed by atoms with Crippen molar-refractivity contribution in [3.8, 4) is 11.8 Å². The first-order valence-corrected chi connectivity index (χ1v) is 8.18. The van der Waals surface area contributed by atoms with Crippen LogP contribution in [-0.4, -0.2) is 16.3 Å². The number of hydrogen-bond acceptors (Lipinski definition) is 2. The Bertz CT molecular complexity index is 625. The Labute approximate surface area is 139 Å². The summed E-state index contributed by atoms with van der Waals surface area (Å²) >= 11 is 0. The van der Waals surface area contributed by atoms with Crippen LogP contribution in [0.5, 0.6) is 0 Å². The van der Waals surface area contributed by atoms with Crippen molar-refractivity contribution in [3.63, 3.8) is 0 Å². The molecule has 1 atom stereocenters. The lowest BCUT2D eigenvalue weighted by atomic mass is 10.0. The zero-order valence-electron chi connectivity index (χ0n) is 13.9. The predicted molar refractivity (Wildman–Crippen MR) is 94.9 cm³/mol. The first kappa shape index (κ1) is 17.3. The summed E-state index contributed by atoms with van der Waals surface area (Å²) in [6.07, 6.45) is 1.76. The fourth-order valence-electron chi connectivity index (χ4n) is 2.48. The van der Waals surface area contributed by atoms with Gasteiger partial charge in [0.25, 0.3) is 0 Å². The highest BCUT2D eigenvalue weighted by Gasteiger charge is 2.18. The lowest BCUT2D eigenvalue weighted by Gasteiger charge is -2.24. The number of rotatable bonds is 6. The van der Waals surface area contributed by atoms with Crippen LogP contribution in [0.3, 0.4) is 0 Å². The monoisotopic (exact) mass is 307 g/mol. The van der Waals surface area contributed by atoms with E-state index in [9.17, 15) is 5.21 Å². The SMILES string of the molecule is CC(C)C(C#CCCc1ccccc1)N(O)Cc1ccccc1. The molecule has 0 bridgehead atoms. The maximum absolute atomic E-state index is 10.4.